The predicted octanol–water partition coefficient (Wildman–Crippen LogP) is 1.36. The van der Waals surface area contributed by atoms with Gasteiger partial charge in [-0.3, -0.25) is 0 Å². The van der Waals surface area contributed by atoms with Gasteiger partial charge < -0.3 is 10.1 Å². The van der Waals surface area contributed by atoms with E-state index in [9.17, 15) is 4.39 Å². The maximum atomic E-state index is 13.4. The molecule has 0 aromatic heterocycles. The maximum absolute atomic E-state index is 13.4. The van der Waals surface area contributed by atoms with Gasteiger partial charge in [-0.15, -0.1) is 0 Å². The second-order valence-corrected chi connectivity index (χ2v) is 3.39. The van der Waals surface area contributed by atoms with E-state index in [1.165, 1.54) is 0 Å². The summed E-state index contributed by atoms with van der Waals surface area (Å²) in [5.41, 5.74) is 0. The Labute approximate surface area is 73.5 Å². The summed E-state index contributed by atoms with van der Waals surface area (Å²) in [7, 11) is 1.85. The third-order valence-corrected chi connectivity index (χ3v) is 2.38. The van der Waals surface area contributed by atoms with Crippen molar-refractivity contribution in [1.82, 2.24) is 5.32 Å². The minimum atomic E-state index is -0.683. The largest absolute Gasteiger partial charge is 0.381 e. The van der Waals surface area contributed by atoms with Crippen LogP contribution in [-0.4, -0.2) is 33.0 Å². The van der Waals surface area contributed by atoms with Crippen LogP contribution >= 0.6 is 0 Å². The van der Waals surface area contributed by atoms with Gasteiger partial charge in [0.05, 0.1) is 6.61 Å². The third kappa shape index (κ3) is 3.07. The molecule has 72 valence electrons. The zero-order valence-electron chi connectivity index (χ0n) is 7.68. The molecule has 0 saturated carbocycles. The lowest BCUT2D eigenvalue weighted by molar-refractivity contribution is 0.0184. The topological polar surface area (TPSA) is 21.3 Å². The molecule has 0 spiro atoms. The summed E-state index contributed by atoms with van der Waals surface area (Å²) in [5, 5.41) is 2.96. The van der Waals surface area contributed by atoms with E-state index in [1.807, 2.05) is 7.05 Å². The molecule has 1 aliphatic rings. The van der Waals surface area contributed by atoms with Gasteiger partial charge in [-0.25, -0.2) is 4.39 Å². The van der Waals surface area contributed by atoms with Crippen LogP contribution in [0.15, 0.2) is 0 Å². The van der Waals surface area contributed by atoms with Crippen molar-refractivity contribution in [3.8, 4) is 0 Å². The van der Waals surface area contributed by atoms with Crippen molar-refractivity contribution in [3.63, 3.8) is 0 Å². The molecule has 0 aromatic carbocycles. The van der Waals surface area contributed by atoms with Crippen molar-refractivity contribution in [2.75, 3.05) is 26.8 Å². The summed E-state index contributed by atoms with van der Waals surface area (Å²) in [5.74, 6) is 0.145. The Kier molecular flexibility index (Phi) is 4.54. The summed E-state index contributed by atoms with van der Waals surface area (Å²) in [6.07, 6.45) is 1.94. The first-order chi connectivity index (χ1) is 5.84. The van der Waals surface area contributed by atoms with E-state index < -0.39 is 6.17 Å². The molecule has 1 saturated heterocycles. The van der Waals surface area contributed by atoms with Gasteiger partial charge in [-0.1, -0.05) is 0 Å². The highest BCUT2D eigenvalue weighted by Gasteiger charge is 2.22. The highest BCUT2D eigenvalue weighted by Crippen LogP contribution is 2.21. The molecule has 1 fully saturated rings. The second kappa shape index (κ2) is 5.49. The molecular formula is C9H18FNO. The lowest BCUT2D eigenvalue weighted by Gasteiger charge is -2.25. The molecule has 0 radical (unpaired) electrons. The number of hydrogen-bond donors (Lipinski definition) is 1. The molecule has 2 unspecified atom stereocenters. The number of alkyl halides is 1. The lowest BCUT2D eigenvalue weighted by Crippen LogP contribution is -2.28. The van der Waals surface area contributed by atoms with E-state index in [4.69, 9.17) is 4.74 Å². The van der Waals surface area contributed by atoms with E-state index >= 15 is 0 Å². The first kappa shape index (κ1) is 9.93. The molecule has 1 heterocycles. The number of ether oxygens (including phenoxy) is 1. The van der Waals surface area contributed by atoms with Crippen LogP contribution in [0.25, 0.3) is 0 Å². The van der Waals surface area contributed by atoms with E-state index in [-0.39, 0.29) is 5.92 Å². The molecule has 0 amide bonds. The first-order valence-electron chi connectivity index (χ1n) is 4.71. The summed E-state index contributed by atoms with van der Waals surface area (Å²) < 4.78 is 18.6. The first-order valence-corrected chi connectivity index (χ1v) is 4.71. The Hall–Kier alpha value is -0.150. The van der Waals surface area contributed by atoms with E-state index in [0.29, 0.717) is 13.0 Å². The molecule has 0 aliphatic carbocycles. The maximum Gasteiger partial charge on any atom is 0.106 e. The van der Waals surface area contributed by atoms with Crippen molar-refractivity contribution < 1.29 is 9.13 Å². The smallest absolute Gasteiger partial charge is 0.106 e. The second-order valence-electron chi connectivity index (χ2n) is 3.39. The fraction of sp³-hybridized carbons (Fsp3) is 1.00. The Morgan fingerprint density at radius 2 is 2.50 bits per heavy atom. The minimum absolute atomic E-state index is 0.145. The van der Waals surface area contributed by atoms with E-state index in [2.05, 4.69) is 5.32 Å². The van der Waals surface area contributed by atoms with Gasteiger partial charge in [0.25, 0.3) is 0 Å². The zero-order chi connectivity index (χ0) is 8.81. The molecule has 1 rings (SSSR count). The molecule has 2 atom stereocenters. The van der Waals surface area contributed by atoms with Gasteiger partial charge in [0.1, 0.15) is 6.17 Å². The molecule has 2 nitrogen and oxygen atoms in total. The van der Waals surface area contributed by atoms with Crippen LogP contribution in [0, 0.1) is 5.92 Å². The van der Waals surface area contributed by atoms with Crippen molar-refractivity contribution in [2.24, 2.45) is 5.92 Å². The number of rotatable bonds is 4. The Bertz CT molecular complexity index is 115. The van der Waals surface area contributed by atoms with Crippen LogP contribution < -0.4 is 5.32 Å². The van der Waals surface area contributed by atoms with Crippen molar-refractivity contribution >= 4 is 0 Å². The molecular weight excluding hydrogens is 157 g/mol. The lowest BCUT2D eigenvalue weighted by atomic mass is 9.95. The summed E-state index contributed by atoms with van der Waals surface area (Å²) in [4.78, 5) is 0. The summed E-state index contributed by atoms with van der Waals surface area (Å²) >= 11 is 0. The van der Waals surface area contributed by atoms with Gasteiger partial charge in [0.15, 0.2) is 0 Å². The average molecular weight is 175 g/mol. The van der Waals surface area contributed by atoms with Crippen LogP contribution in [0.4, 0.5) is 4.39 Å². The summed E-state index contributed by atoms with van der Waals surface area (Å²) in [6, 6.07) is 0. The number of hydrogen-bond acceptors (Lipinski definition) is 2. The summed E-state index contributed by atoms with van der Waals surface area (Å²) in [6.45, 7) is 2.19. The molecule has 3 heteroatoms. The van der Waals surface area contributed by atoms with Crippen LogP contribution in [0.5, 0.6) is 0 Å². The van der Waals surface area contributed by atoms with Crippen molar-refractivity contribution in [1.29, 1.82) is 0 Å². The van der Waals surface area contributed by atoms with Crippen LogP contribution in [0.3, 0.4) is 0 Å². The minimum Gasteiger partial charge on any atom is -0.381 e. The highest BCUT2D eigenvalue weighted by molar-refractivity contribution is 4.72. The quantitative estimate of drug-likeness (QED) is 0.696. The van der Waals surface area contributed by atoms with Gasteiger partial charge in [-0.2, -0.15) is 0 Å². The normalized spacial score (nSPS) is 27.0. The third-order valence-electron chi connectivity index (χ3n) is 2.38. The van der Waals surface area contributed by atoms with Gasteiger partial charge in [0.2, 0.25) is 0 Å². The Morgan fingerprint density at radius 1 is 1.67 bits per heavy atom. The van der Waals surface area contributed by atoms with E-state index in [0.717, 1.165) is 26.0 Å². The highest BCUT2D eigenvalue weighted by atomic mass is 19.1. The Morgan fingerprint density at radius 3 is 3.08 bits per heavy atom. The van der Waals surface area contributed by atoms with Crippen LogP contribution in [0.1, 0.15) is 19.3 Å². The monoisotopic (exact) mass is 175 g/mol. The number of halogens is 1. The fourth-order valence-electron chi connectivity index (χ4n) is 1.57. The zero-order valence-corrected chi connectivity index (χ0v) is 7.68. The molecule has 12 heavy (non-hydrogen) atoms. The molecule has 0 aromatic rings. The van der Waals surface area contributed by atoms with Crippen LogP contribution in [0.2, 0.25) is 0 Å². The molecule has 1 aliphatic heterocycles. The SMILES string of the molecule is CNCCC(F)C1CCCOC1. The average Bonchev–Trinajstić information content (AvgIpc) is 2.15. The van der Waals surface area contributed by atoms with Gasteiger partial charge >= 0.3 is 0 Å². The Balaban J connectivity index is 2.15. The van der Waals surface area contributed by atoms with Crippen LogP contribution in [-0.2, 0) is 4.74 Å². The van der Waals surface area contributed by atoms with E-state index in [1.54, 1.807) is 0 Å². The van der Waals surface area contributed by atoms with Crippen molar-refractivity contribution in [2.45, 2.75) is 25.4 Å². The molecule has 1 N–H and O–H groups in total. The standard InChI is InChI=1S/C9H18FNO/c1-11-5-4-9(10)8-3-2-6-12-7-8/h8-9,11H,2-7H2,1H3. The van der Waals surface area contributed by atoms with Crippen molar-refractivity contribution in [3.05, 3.63) is 0 Å². The molecule has 0 bridgehead atoms. The fourth-order valence-corrected chi connectivity index (χ4v) is 1.57. The van der Waals surface area contributed by atoms with Gasteiger partial charge in [0, 0.05) is 12.5 Å². The number of nitrogens with one attached hydrogen (secondary N) is 1. The van der Waals surface area contributed by atoms with Gasteiger partial charge in [-0.05, 0) is 32.9 Å². The predicted molar refractivity (Wildman–Crippen MR) is 47.0 cm³/mol.